The molecule has 0 bridgehead atoms. The second-order valence-electron chi connectivity index (χ2n) is 6.93. The maximum absolute atomic E-state index is 4.99. The molecule has 0 aromatic carbocycles. The van der Waals surface area contributed by atoms with Crippen LogP contribution >= 0.6 is 0 Å². The topological polar surface area (TPSA) is 49.6 Å². The van der Waals surface area contributed by atoms with E-state index in [2.05, 4.69) is 62.8 Å². The second-order valence-corrected chi connectivity index (χ2v) is 6.93. The Morgan fingerprint density at radius 3 is 2.88 bits per heavy atom. The summed E-state index contributed by atoms with van der Waals surface area (Å²) in [6, 6.07) is 6.19. The van der Waals surface area contributed by atoms with E-state index in [0.29, 0.717) is 5.92 Å². The van der Waals surface area contributed by atoms with Crippen molar-refractivity contribution in [2.45, 2.75) is 25.7 Å². The maximum Gasteiger partial charge on any atom is 0.152 e. The summed E-state index contributed by atoms with van der Waals surface area (Å²) in [6.45, 7) is 3.93. The van der Waals surface area contributed by atoms with Crippen LogP contribution in [0.15, 0.2) is 36.8 Å². The van der Waals surface area contributed by atoms with Gasteiger partial charge in [0.1, 0.15) is 11.6 Å². The van der Waals surface area contributed by atoms with Crippen LogP contribution in [0.25, 0.3) is 5.52 Å². The molecule has 1 aliphatic heterocycles. The number of hydrogen-bond acceptors (Lipinski definition) is 5. The van der Waals surface area contributed by atoms with Gasteiger partial charge in [0.2, 0.25) is 0 Å². The van der Waals surface area contributed by atoms with Crippen LogP contribution in [0.4, 0.5) is 11.6 Å². The lowest BCUT2D eigenvalue weighted by molar-refractivity contribution is 0.496. The molecule has 1 saturated heterocycles. The Balaban J connectivity index is 1.66. The molecule has 4 heterocycles. The molecule has 0 radical (unpaired) electrons. The van der Waals surface area contributed by atoms with Crippen LogP contribution in [0, 0.1) is 6.92 Å². The van der Waals surface area contributed by atoms with E-state index in [-0.39, 0.29) is 0 Å². The molecule has 1 aliphatic rings. The van der Waals surface area contributed by atoms with Crippen LogP contribution in [0.1, 0.15) is 30.3 Å². The predicted octanol–water partition coefficient (Wildman–Crippen LogP) is 2.88. The molecule has 1 fully saturated rings. The average Bonchev–Trinajstić information content (AvgIpc) is 3.09. The number of anilines is 2. The monoisotopic (exact) mass is 336 g/mol. The van der Waals surface area contributed by atoms with Crippen LogP contribution in [0.5, 0.6) is 0 Å². The Kier molecular flexibility index (Phi) is 4.03. The van der Waals surface area contributed by atoms with E-state index in [0.717, 1.165) is 54.6 Å². The molecule has 1 atom stereocenters. The lowest BCUT2D eigenvalue weighted by Gasteiger charge is -2.33. The van der Waals surface area contributed by atoms with E-state index in [1.54, 1.807) is 0 Å². The van der Waals surface area contributed by atoms with Crippen molar-refractivity contribution in [1.82, 2.24) is 19.4 Å². The van der Waals surface area contributed by atoms with Crippen molar-refractivity contribution in [3.05, 3.63) is 48.3 Å². The average molecular weight is 336 g/mol. The van der Waals surface area contributed by atoms with E-state index >= 15 is 0 Å². The molecule has 6 heteroatoms. The minimum absolute atomic E-state index is 0.412. The van der Waals surface area contributed by atoms with Crippen LogP contribution < -0.4 is 9.80 Å². The first-order valence-electron chi connectivity index (χ1n) is 8.81. The third-order valence-corrected chi connectivity index (χ3v) is 4.86. The quantitative estimate of drug-likeness (QED) is 0.736. The van der Waals surface area contributed by atoms with Gasteiger partial charge in [-0.25, -0.2) is 15.0 Å². The largest absolute Gasteiger partial charge is 0.361 e. The van der Waals surface area contributed by atoms with Gasteiger partial charge in [-0.05, 0) is 38.0 Å². The molecule has 0 N–H and O–H groups in total. The Bertz CT molecular complexity index is 885. The molecule has 6 nitrogen and oxygen atoms in total. The third kappa shape index (κ3) is 3.04. The highest BCUT2D eigenvalue weighted by Crippen LogP contribution is 2.30. The van der Waals surface area contributed by atoms with Gasteiger partial charge in [-0.1, -0.05) is 0 Å². The number of nitrogens with zero attached hydrogens (tertiary/aromatic N) is 6. The molecule has 0 spiro atoms. The van der Waals surface area contributed by atoms with E-state index in [4.69, 9.17) is 4.98 Å². The number of piperidine rings is 1. The van der Waals surface area contributed by atoms with Gasteiger partial charge in [0, 0.05) is 51.7 Å². The Hall–Kier alpha value is -2.63. The molecule has 3 aromatic heterocycles. The van der Waals surface area contributed by atoms with E-state index in [1.165, 1.54) is 0 Å². The lowest BCUT2D eigenvalue weighted by Crippen LogP contribution is -2.35. The Morgan fingerprint density at radius 2 is 2.08 bits per heavy atom. The van der Waals surface area contributed by atoms with Gasteiger partial charge in [0.05, 0.1) is 11.2 Å². The number of fused-ring (bicyclic) bond motifs is 1. The van der Waals surface area contributed by atoms with Crippen LogP contribution in [0.3, 0.4) is 0 Å². The van der Waals surface area contributed by atoms with E-state index in [9.17, 15) is 0 Å². The summed E-state index contributed by atoms with van der Waals surface area (Å²) in [4.78, 5) is 18.2. The van der Waals surface area contributed by atoms with Gasteiger partial charge in [-0.15, -0.1) is 0 Å². The number of hydrogen-bond donors (Lipinski definition) is 0. The van der Waals surface area contributed by atoms with E-state index in [1.807, 2.05) is 19.2 Å². The number of aryl methyl sites for hydroxylation is 1. The van der Waals surface area contributed by atoms with E-state index < -0.39 is 0 Å². The summed E-state index contributed by atoms with van der Waals surface area (Å²) in [5, 5.41) is 0. The minimum atomic E-state index is 0.412. The third-order valence-electron chi connectivity index (χ3n) is 4.86. The van der Waals surface area contributed by atoms with Gasteiger partial charge in [-0.3, -0.25) is 0 Å². The highest BCUT2D eigenvalue weighted by molar-refractivity contribution is 5.69. The van der Waals surface area contributed by atoms with Crippen molar-refractivity contribution < 1.29 is 0 Å². The van der Waals surface area contributed by atoms with Gasteiger partial charge >= 0.3 is 0 Å². The Labute approximate surface area is 148 Å². The molecule has 0 unspecified atom stereocenters. The highest BCUT2D eigenvalue weighted by atomic mass is 15.2. The van der Waals surface area contributed by atoms with Gasteiger partial charge < -0.3 is 14.2 Å². The first-order chi connectivity index (χ1) is 12.1. The molecular weight excluding hydrogens is 312 g/mol. The van der Waals surface area contributed by atoms with Gasteiger partial charge in [-0.2, -0.15) is 0 Å². The van der Waals surface area contributed by atoms with Gasteiger partial charge in [0.25, 0.3) is 0 Å². The lowest BCUT2D eigenvalue weighted by atomic mass is 9.95. The van der Waals surface area contributed by atoms with Crippen LogP contribution in [-0.2, 0) is 0 Å². The fraction of sp³-hybridized carbons (Fsp3) is 0.421. The summed E-state index contributed by atoms with van der Waals surface area (Å²) < 4.78 is 2.19. The van der Waals surface area contributed by atoms with Crippen molar-refractivity contribution in [1.29, 1.82) is 0 Å². The summed E-state index contributed by atoms with van der Waals surface area (Å²) >= 11 is 0. The summed E-state index contributed by atoms with van der Waals surface area (Å²) in [5.74, 6) is 3.28. The molecular formula is C19H24N6. The second kappa shape index (κ2) is 6.35. The molecule has 0 amide bonds. The zero-order valence-electron chi connectivity index (χ0n) is 15.1. The molecule has 0 aliphatic carbocycles. The normalized spacial score (nSPS) is 17.9. The predicted molar refractivity (Wildman–Crippen MR) is 100 cm³/mol. The summed E-state index contributed by atoms with van der Waals surface area (Å²) in [6.07, 6.45) is 8.43. The fourth-order valence-electron chi connectivity index (χ4n) is 3.62. The zero-order chi connectivity index (χ0) is 17.4. The smallest absolute Gasteiger partial charge is 0.152 e. The standard InChI is InChI=1S/C19H24N6/c1-14-20-9-8-18(21-14)25-11-4-6-15(12-25)16-13-24-10-5-7-17(24)19(22-16)23(2)3/h5,7-10,13,15H,4,6,11-12H2,1-3H3/t15-/m0/s1. The SMILES string of the molecule is Cc1nccc(N2CCC[C@H](c3cn4cccc4c(N(C)C)n3)C2)n1. The maximum atomic E-state index is 4.99. The highest BCUT2D eigenvalue weighted by Gasteiger charge is 2.24. The van der Waals surface area contributed by atoms with Crippen molar-refractivity contribution in [3.8, 4) is 0 Å². The Morgan fingerprint density at radius 1 is 1.20 bits per heavy atom. The fourth-order valence-corrected chi connectivity index (χ4v) is 3.62. The van der Waals surface area contributed by atoms with Crippen LogP contribution in [0.2, 0.25) is 0 Å². The van der Waals surface area contributed by atoms with Crippen LogP contribution in [-0.4, -0.2) is 46.5 Å². The molecule has 3 aromatic rings. The first kappa shape index (κ1) is 15.9. The zero-order valence-corrected chi connectivity index (χ0v) is 15.1. The van der Waals surface area contributed by atoms with Crippen molar-refractivity contribution in [2.75, 3.05) is 37.0 Å². The van der Waals surface area contributed by atoms with Crippen molar-refractivity contribution in [2.24, 2.45) is 0 Å². The summed E-state index contributed by atoms with van der Waals surface area (Å²) in [7, 11) is 4.10. The molecule has 0 saturated carbocycles. The number of aromatic nitrogens is 4. The first-order valence-corrected chi connectivity index (χ1v) is 8.81. The van der Waals surface area contributed by atoms with Crippen molar-refractivity contribution >= 4 is 17.2 Å². The number of rotatable bonds is 3. The summed E-state index contributed by atoms with van der Waals surface area (Å²) in [5.41, 5.74) is 2.30. The minimum Gasteiger partial charge on any atom is -0.361 e. The molecule has 4 rings (SSSR count). The molecule has 130 valence electrons. The van der Waals surface area contributed by atoms with Crippen molar-refractivity contribution in [3.63, 3.8) is 0 Å². The van der Waals surface area contributed by atoms with Gasteiger partial charge in [0.15, 0.2) is 5.82 Å². The molecule has 25 heavy (non-hydrogen) atoms.